The number of hydrogen-bond donors (Lipinski definition) is 1. The van der Waals surface area contributed by atoms with Crippen molar-refractivity contribution in [1.82, 2.24) is 9.62 Å². The van der Waals surface area contributed by atoms with E-state index in [0.717, 1.165) is 17.7 Å². The standard InChI is InChI=1S/C21H25FN2O3S2/c1-15-9-11-24(12-10-15)21(25)19-13-18(7-8-20(19)28-2)29(26,27)23-14-16-3-5-17(22)6-4-16/h3-8,13,15,23H,9-12,14H2,1-2H3. The van der Waals surface area contributed by atoms with Crippen LogP contribution in [0.1, 0.15) is 35.7 Å². The molecule has 0 aromatic heterocycles. The monoisotopic (exact) mass is 436 g/mol. The molecule has 1 N–H and O–H groups in total. The number of nitrogens with zero attached hydrogens (tertiary/aromatic N) is 1. The van der Waals surface area contributed by atoms with Crippen LogP contribution in [0.25, 0.3) is 0 Å². The Labute approximate surface area is 175 Å². The fourth-order valence-electron chi connectivity index (χ4n) is 3.27. The van der Waals surface area contributed by atoms with Crippen LogP contribution in [0.2, 0.25) is 0 Å². The molecule has 0 atom stereocenters. The van der Waals surface area contributed by atoms with E-state index in [0.29, 0.717) is 30.1 Å². The van der Waals surface area contributed by atoms with Crippen molar-refractivity contribution in [2.45, 2.75) is 36.1 Å². The lowest BCUT2D eigenvalue weighted by molar-refractivity contribution is 0.0693. The third-order valence-corrected chi connectivity index (χ3v) is 7.36. The highest BCUT2D eigenvalue weighted by Gasteiger charge is 2.25. The van der Waals surface area contributed by atoms with E-state index >= 15 is 0 Å². The Bertz CT molecular complexity index is 970. The summed E-state index contributed by atoms with van der Waals surface area (Å²) in [5.41, 5.74) is 1.06. The van der Waals surface area contributed by atoms with Gasteiger partial charge in [0.1, 0.15) is 5.82 Å². The van der Waals surface area contributed by atoms with Crippen molar-refractivity contribution < 1.29 is 17.6 Å². The van der Waals surface area contributed by atoms with E-state index < -0.39 is 10.0 Å². The summed E-state index contributed by atoms with van der Waals surface area (Å²) in [6, 6.07) is 10.3. The zero-order chi connectivity index (χ0) is 21.0. The number of likely N-dealkylation sites (tertiary alicyclic amines) is 1. The van der Waals surface area contributed by atoms with Crippen molar-refractivity contribution in [3.63, 3.8) is 0 Å². The van der Waals surface area contributed by atoms with Crippen LogP contribution in [0.5, 0.6) is 0 Å². The molecule has 2 aromatic carbocycles. The van der Waals surface area contributed by atoms with Gasteiger partial charge in [-0.1, -0.05) is 19.1 Å². The lowest BCUT2D eigenvalue weighted by Gasteiger charge is -2.30. The van der Waals surface area contributed by atoms with Crippen molar-refractivity contribution in [2.24, 2.45) is 5.92 Å². The number of sulfonamides is 1. The Balaban J connectivity index is 1.81. The molecule has 1 saturated heterocycles. The number of amides is 1. The van der Waals surface area contributed by atoms with Crippen molar-refractivity contribution >= 4 is 27.7 Å². The number of carbonyl (C=O) groups is 1. The van der Waals surface area contributed by atoms with Gasteiger partial charge >= 0.3 is 0 Å². The number of piperidine rings is 1. The van der Waals surface area contributed by atoms with Gasteiger partial charge in [0.05, 0.1) is 10.5 Å². The number of benzene rings is 2. The largest absolute Gasteiger partial charge is 0.339 e. The molecular formula is C21H25FN2O3S2. The maximum absolute atomic E-state index is 13.0. The summed E-state index contributed by atoms with van der Waals surface area (Å²) in [4.78, 5) is 15.6. The first-order chi connectivity index (χ1) is 13.8. The number of halogens is 1. The maximum Gasteiger partial charge on any atom is 0.255 e. The molecule has 0 bridgehead atoms. The van der Waals surface area contributed by atoms with Gasteiger partial charge < -0.3 is 4.90 Å². The summed E-state index contributed by atoms with van der Waals surface area (Å²) in [7, 11) is -3.81. The van der Waals surface area contributed by atoms with E-state index in [9.17, 15) is 17.6 Å². The van der Waals surface area contributed by atoms with Crippen LogP contribution in [0, 0.1) is 11.7 Å². The molecule has 0 saturated carbocycles. The molecule has 0 radical (unpaired) electrons. The topological polar surface area (TPSA) is 66.5 Å². The SMILES string of the molecule is CSc1ccc(S(=O)(=O)NCc2ccc(F)cc2)cc1C(=O)N1CCC(C)CC1. The summed E-state index contributed by atoms with van der Waals surface area (Å²) in [5, 5.41) is 0. The van der Waals surface area contributed by atoms with Crippen LogP contribution in [0.15, 0.2) is 52.3 Å². The Morgan fingerprint density at radius 1 is 1.17 bits per heavy atom. The maximum atomic E-state index is 13.0. The first-order valence-corrected chi connectivity index (χ1v) is 12.2. The zero-order valence-electron chi connectivity index (χ0n) is 16.5. The predicted molar refractivity (Wildman–Crippen MR) is 113 cm³/mol. The molecule has 1 amide bonds. The van der Waals surface area contributed by atoms with Gasteiger partial charge in [0, 0.05) is 24.5 Å². The molecule has 1 aliphatic heterocycles. The number of thioether (sulfide) groups is 1. The van der Waals surface area contributed by atoms with Crippen LogP contribution in [0.4, 0.5) is 4.39 Å². The fraction of sp³-hybridized carbons (Fsp3) is 0.381. The van der Waals surface area contributed by atoms with Gasteiger partial charge in [-0.05, 0) is 60.9 Å². The van der Waals surface area contributed by atoms with Gasteiger partial charge in [0.15, 0.2) is 0 Å². The fourth-order valence-corrected chi connectivity index (χ4v) is 4.88. The normalized spacial score (nSPS) is 15.5. The molecule has 1 aliphatic rings. The average Bonchev–Trinajstić information content (AvgIpc) is 2.73. The summed E-state index contributed by atoms with van der Waals surface area (Å²) in [6.45, 7) is 3.59. The van der Waals surface area contributed by atoms with E-state index in [1.165, 1.54) is 48.2 Å². The highest BCUT2D eigenvalue weighted by atomic mass is 32.2. The second-order valence-electron chi connectivity index (χ2n) is 7.29. The Morgan fingerprint density at radius 3 is 2.45 bits per heavy atom. The summed E-state index contributed by atoms with van der Waals surface area (Å²) >= 11 is 1.42. The van der Waals surface area contributed by atoms with E-state index in [2.05, 4.69) is 11.6 Å². The van der Waals surface area contributed by atoms with E-state index in [4.69, 9.17) is 0 Å². The van der Waals surface area contributed by atoms with E-state index in [1.807, 2.05) is 6.26 Å². The van der Waals surface area contributed by atoms with Crippen LogP contribution < -0.4 is 4.72 Å². The number of rotatable bonds is 6. The van der Waals surface area contributed by atoms with Gasteiger partial charge in [0.2, 0.25) is 10.0 Å². The summed E-state index contributed by atoms with van der Waals surface area (Å²) in [6.07, 6.45) is 3.78. The quantitative estimate of drug-likeness (QED) is 0.698. The molecule has 2 aromatic rings. The highest BCUT2D eigenvalue weighted by Crippen LogP contribution is 2.27. The summed E-state index contributed by atoms with van der Waals surface area (Å²) in [5.74, 6) is 0.0952. The van der Waals surface area contributed by atoms with Crippen molar-refractivity contribution in [3.05, 3.63) is 59.4 Å². The Morgan fingerprint density at radius 2 is 1.83 bits per heavy atom. The molecule has 8 heteroatoms. The first-order valence-electron chi connectivity index (χ1n) is 9.51. The smallest absolute Gasteiger partial charge is 0.255 e. The third kappa shape index (κ3) is 5.38. The van der Waals surface area contributed by atoms with E-state index in [-0.39, 0.29) is 23.2 Å². The molecule has 1 fully saturated rings. The molecule has 5 nitrogen and oxygen atoms in total. The molecule has 3 rings (SSSR count). The Kier molecular flexibility index (Phi) is 6.97. The van der Waals surface area contributed by atoms with Crippen molar-refractivity contribution in [1.29, 1.82) is 0 Å². The molecular weight excluding hydrogens is 411 g/mol. The molecule has 0 spiro atoms. The number of nitrogens with one attached hydrogen (secondary N) is 1. The Hall–Kier alpha value is -1.90. The van der Waals surface area contributed by atoms with Crippen molar-refractivity contribution in [3.8, 4) is 0 Å². The molecule has 1 heterocycles. The van der Waals surface area contributed by atoms with E-state index in [1.54, 1.807) is 11.0 Å². The lowest BCUT2D eigenvalue weighted by Crippen LogP contribution is -2.38. The van der Waals surface area contributed by atoms with Crippen LogP contribution in [-0.2, 0) is 16.6 Å². The van der Waals surface area contributed by atoms with Gasteiger partial charge in [-0.2, -0.15) is 0 Å². The minimum atomic E-state index is -3.81. The van der Waals surface area contributed by atoms with Gasteiger partial charge in [0.25, 0.3) is 5.91 Å². The lowest BCUT2D eigenvalue weighted by atomic mass is 9.98. The van der Waals surface area contributed by atoms with Crippen molar-refractivity contribution in [2.75, 3.05) is 19.3 Å². The molecule has 0 aliphatic carbocycles. The number of carbonyl (C=O) groups excluding carboxylic acids is 1. The molecule has 156 valence electrons. The first kappa shape index (κ1) is 21.8. The second kappa shape index (κ2) is 9.28. The van der Waals surface area contributed by atoms with Crippen LogP contribution >= 0.6 is 11.8 Å². The zero-order valence-corrected chi connectivity index (χ0v) is 18.2. The molecule has 0 unspecified atom stereocenters. The average molecular weight is 437 g/mol. The van der Waals surface area contributed by atoms with Gasteiger partial charge in [-0.3, -0.25) is 4.79 Å². The minimum Gasteiger partial charge on any atom is -0.339 e. The van der Waals surface area contributed by atoms with Crippen LogP contribution in [0.3, 0.4) is 0 Å². The number of hydrogen-bond acceptors (Lipinski definition) is 4. The molecule has 29 heavy (non-hydrogen) atoms. The van der Waals surface area contributed by atoms with Crippen LogP contribution in [-0.4, -0.2) is 38.6 Å². The summed E-state index contributed by atoms with van der Waals surface area (Å²) < 4.78 is 41.0. The van der Waals surface area contributed by atoms with Gasteiger partial charge in [-0.15, -0.1) is 11.8 Å². The second-order valence-corrected chi connectivity index (χ2v) is 9.90. The minimum absolute atomic E-state index is 0.0419. The third-order valence-electron chi connectivity index (χ3n) is 5.16. The predicted octanol–water partition coefficient (Wildman–Crippen LogP) is 3.90. The highest BCUT2D eigenvalue weighted by molar-refractivity contribution is 7.98. The van der Waals surface area contributed by atoms with Gasteiger partial charge in [-0.25, -0.2) is 17.5 Å².